The first-order chi connectivity index (χ1) is 4.72. The third kappa shape index (κ3) is 2.43. The van der Waals surface area contributed by atoms with Crippen molar-refractivity contribution in [2.45, 2.75) is 6.92 Å². The second-order valence-corrected chi connectivity index (χ2v) is 2.12. The summed E-state index contributed by atoms with van der Waals surface area (Å²) in [5, 5.41) is 8.57. The molecule has 0 fully saturated rings. The summed E-state index contributed by atoms with van der Waals surface area (Å²) in [6.07, 6.45) is 0. The molecule has 1 aromatic carbocycles. The smallest absolute Gasteiger partial charge is 0.335 e. The zero-order chi connectivity index (χ0) is 7.56. The Balaban J connectivity index is 0.000001000. The van der Waals surface area contributed by atoms with Crippen molar-refractivity contribution in [2.24, 2.45) is 0 Å². The number of benzene rings is 1. The van der Waals surface area contributed by atoms with E-state index in [1.807, 2.05) is 6.07 Å². The molecule has 0 saturated carbocycles. The van der Waals surface area contributed by atoms with Gasteiger partial charge in [-0.3, -0.25) is 0 Å². The molecular weight excluding hydrogens is 193 g/mol. The van der Waals surface area contributed by atoms with Gasteiger partial charge in [-0.05, 0) is 18.6 Å². The summed E-state index contributed by atoms with van der Waals surface area (Å²) in [5.41, 5.74) is 1.18. The Morgan fingerprint density at radius 2 is 1.91 bits per heavy atom. The van der Waals surface area contributed by atoms with E-state index < -0.39 is 5.97 Å². The van der Waals surface area contributed by atoms with Gasteiger partial charge in [0, 0.05) is 19.5 Å². The largest absolute Gasteiger partial charge is 0.478 e. The van der Waals surface area contributed by atoms with Crippen molar-refractivity contribution < 1.29 is 29.4 Å². The second-order valence-electron chi connectivity index (χ2n) is 2.12. The molecule has 1 aromatic rings. The van der Waals surface area contributed by atoms with E-state index >= 15 is 0 Å². The topological polar surface area (TPSA) is 37.3 Å². The zero-order valence-electron chi connectivity index (χ0n) is 6.37. The number of aromatic carboxylic acids is 1. The maximum Gasteiger partial charge on any atom is 0.335 e. The Bertz CT molecular complexity index is 258. The third-order valence-corrected chi connectivity index (χ3v) is 1.38. The third-order valence-electron chi connectivity index (χ3n) is 1.38. The van der Waals surface area contributed by atoms with E-state index in [2.05, 4.69) is 0 Å². The molecule has 0 saturated heterocycles. The van der Waals surface area contributed by atoms with Crippen LogP contribution in [0.3, 0.4) is 0 Å². The number of hydrogen-bond donors (Lipinski definition) is 1. The van der Waals surface area contributed by atoms with Crippen molar-refractivity contribution in [1.29, 1.82) is 0 Å². The molecule has 0 bridgehead atoms. The molecule has 0 heterocycles. The minimum absolute atomic E-state index is 0. The molecule has 54 valence electrons. The fraction of sp³-hybridized carbons (Fsp3) is 0.125. The van der Waals surface area contributed by atoms with Crippen LogP contribution >= 0.6 is 0 Å². The van der Waals surface area contributed by atoms with Crippen molar-refractivity contribution in [2.75, 3.05) is 0 Å². The number of carboxylic acid groups (broad SMARTS) is 1. The average Bonchev–Trinajstić information content (AvgIpc) is 1.88. The number of aryl methyl sites for hydroxylation is 1. The molecule has 1 N–H and O–H groups in total. The summed E-state index contributed by atoms with van der Waals surface area (Å²) in [7, 11) is 0. The molecule has 0 radical (unpaired) electrons. The Morgan fingerprint density at radius 1 is 1.36 bits per heavy atom. The van der Waals surface area contributed by atoms with Gasteiger partial charge in [0.15, 0.2) is 0 Å². The van der Waals surface area contributed by atoms with Gasteiger partial charge in [0.05, 0.1) is 5.56 Å². The molecule has 0 atom stereocenters. The number of rotatable bonds is 1. The molecule has 0 aromatic heterocycles. The zero-order valence-corrected chi connectivity index (χ0v) is 9.34. The monoisotopic (exact) mass is 200 g/mol. The van der Waals surface area contributed by atoms with E-state index in [1.165, 1.54) is 0 Å². The summed E-state index contributed by atoms with van der Waals surface area (Å²) in [5.74, 6) is -0.863. The molecular formula is C8H8O2Zn. The molecule has 0 unspecified atom stereocenters. The maximum absolute atomic E-state index is 10.4. The van der Waals surface area contributed by atoms with Crippen LogP contribution in [0.4, 0.5) is 0 Å². The maximum atomic E-state index is 10.4. The summed E-state index contributed by atoms with van der Waals surface area (Å²) in [4.78, 5) is 10.4. The van der Waals surface area contributed by atoms with E-state index in [4.69, 9.17) is 5.11 Å². The Labute approximate surface area is 78.0 Å². The number of carboxylic acids is 1. The SMILES string of the molecule is Cc1ccccc1C(=O)O.[Zn]. The van der Waals surface area contributed by atoms with Gasteiger partial charge in [-0.25, -0.2) is 4.79 Å². The first-order valence-electron chi connectivity index (χ1n) is 3.01. The van der Waals surface area contributed by atoms with Crippen LogP contribution in [0.15, 0.2) is 24.3 Å². The van der Waals surface area contributed by atoms with Crippen molar-refractivity contribution in [3.8, 4) is 0 Å². The molecule has 0 spiro atoms. The van der Waals surface area contributed by atoms with E-state index in [9.17, 15) is 4.79 Å². The van der Waals surface area contributed by atoms with Crippen LogP contribution in [0.2, 0.25) is 0 Å². The number of hydrogen-bond acceptors (Lipinski definition) is 1. The fourth-order valence-electron chi connectivity index (χ4n) is 0.813. The standard InChI is InChI=1S/C8H8O2.Zn/c1-6-4-2-3-5-7(6)8(9)10;/h2-5H,1H3,(H,9,10);. The Morgan fingerprint density at radius 3 is 2.27 bits per heavy atom. The molecule has 0 amide bonds. The van der Waals surface area contributed by atoms with Gasteiger partial charge in [-0.2, -0.15) is 0 Å². The normalized spacial score (nSPS) is 8.45. The van der Waals surface area contributed by atoms with Crippen molar-refractivity contribution in [1.82, 2.24) is 0 Å². The van der Waals surface area contributed by atoms with Gasteiger partial charge >= 0.3 is 5.97 Å². The van der Waals surface area contributed by atoms with Gasteiger partial charge in [-0.1, -0.05) is 18.2 Å². The van der Waals surface area contributed by atoms with E-state index in [0.29, 0.717) is 5.56 Å². The predicted molar refractivity (Wildman–Crippen MR) is 38.1 cm³/mol. The summed E-state index contributed by atoms with van der Waals surface area (Å²) < 4.78 is 0. The van der Waals surface area contributed by atoms with Gasteiger partial charge in [-0.15, -0.1) is 0 Å². The van der Waals surface area contributed by atoms with Gasteiger partial charge in [0.2, 0.25) is 0 Å². The van der Waals surface area contributed by atoms with Crippen LogP contribution in [0.25, 0.3) is 0 Å². The van der Waals surface area contributed by atoms with Crippen LogP contribution in [0, 0.1) is 6.92 Å². The van der Waals surface area contributed by atoms with Gasteiger partial charge in [0.25, 0.3) is 0 Å². The first-order valence-corrected chi connectivity index (χ1v) is 3.01. The van der Waals surface area contributed by atoms with E-state index in [0.717, 1.165) is 5.56 Å². The summed E-state index contributed by atoms with van der Waals surface area (Å²) in [6.45, 7) is 1.78. The van der Waals surface area contributed by atoms with Gasteiger partial charge in [0.1, 0.15) is 0 Å². The molecule has 1 rings (SSSR count). The van der Waals surface area contributed by atoms with E-state index in [-0.39, 0.29) is 19.5 Å². The molecule has 3 heteroatoms. The van der Waals surface area contributed by atoms with Crippen LogP contribution in [0.5, 0.6) is 0 Å². The van der Waals surface area contributed by atoms with Crippen molar-refractivity contribution >= 4 is 5.97 Å². The molecule has 2 nitrogen and oxygen atoms in total. The fourth-order valence-corrected chi connectivity index (χ4v) is 0.813. The predicted octanol–water partition coefficient (Wildman–Crippen LogP) is 1.69. The van der Waals surface area contributed by atoms with Gasteiger partial charge < -0.3 is 5.11 Å². The van der Waals surface area contributed by atoms with Crippen LogP contribution < -0.4 is 0 Å². The second kappa shape index (κ2) is 4.25. The Kier molecular flexibility index (Phi) is 3.98. The molecule has 0 aliphatic carbocycles. The Hall–Kier alpha value is -0.687. The van der Waals surface area contributed by atoms with Crippen LogP contribution in [-0.2, 0) is 19.5 Å². The minimum Gasteiger partial charge on any atom is -0.478 e. The molecule has 0 aliphatic rings. The summed E-state index contributed by atoms with van der Waals surface area (Å²) >= 11 is 0. The van der Waals surface area contributed by atoms with Crippen LogP contribution in [0.1, 0.15) is 15.9 Å². The van der Waals surface area contributed by atoms with Crippen molar-refractivity contribution in [3.63, 3.8) is 0 Å². The van der Waals surface area contributed by atoms with E-state index in [1.54, 1.807) is 25.1 Å². The number of carbonyl (C=O) groups is 1. The minimum atomic E-state index is -0.863. The first kappa shape index (κ1) is 10.3. The average molecular weight is 202 g/mol. The quantitative estimate of drug-likeness (QED) is 0.702. The molecule has 11 heavy (non-hydrogen) atoms. The summed E-state index contributed by atoms with van der Waals surface area (Å²) in [6, 6.07) is 6.92. The van der Waals surface area contributed by atoms with Crippen molar-refractivity contribution in [3.05, 3.63) is 35.4 Å². The van der Waals surface area contributed by atoms with Crippen LogP contribution in [-0.4, -0.2) is 11.1 Å². The molecule has 0 aliphatic heterocycles.